The highest BCUT2D eigenvalue weighted by molar-refractivity contribution is 7.14. The number of esters is 1. The van der Waals surface area contributed by atoms with Crippen LogP contribution in [0.1, 0.15) is 38.2 Å². The lowest BCUT2D eigenvalue weighted by atomic mass is 10.0. The van der Waals surface area contributed by atoms with Crippen LogP contribution in [-0.2, 0) is 16.0 Å². The Balaban J connectivity index is 2.32. The molecule has 0 aliphatic rings. The van der Waals surface area contributed by atoms with Gasteiger partial charge in [0.15, 0.2) is 5.78 Å². The molecule has 0 radical (unpaired) electrons. The predicted molar refractivity (Wildman–Crippen MR) is 96.3 cm³/mol. The number of ether oxygens (including phenoxy) is 1. The molecular formula is C19H15N3O3S. The number of carbonyl (C=O) groups is 2. The summed E-state index contributed by atoms with van der Waals surface area (Å²) < 4.78 is 4.98. The molecule has 0 aliphatic heterocycles. The number of ketones is 1. The first-order valence-electron chi connectivity index (χ1n) is 7.76. The van der Waals surface area contributed by atoms with Gasteiger partial charge in [0.25, 0.3) is 0 Å². The third kappa shape index (κ3) is 4.21. The molecule has 2 heterocycles. The zero-order valence-electron chi connectivity index (χ0n) is 14.3. The van der Waals surface area contributed by atoms with Crippen LogP contribution in [0, 0.1) is 29.6 Å². The molecule has 0 saturated heterocycles. The summed E-state index contributed by atoms with van der Waals surface area (Å²) in [6, 6.07) is 7.29. The molecule has 0 bridgehead atoms. The van der Waals surface area contributed by atoms with E-state index in [2.05, 4.69) is 4.98 Å². The summed E-state index contributed by atoms with van der Waals surface area (Å²) in [6.45, 7) is 3.56. The second kappa shape index (κ2) is 8.70. The maximum Gasteiger partial charge on any atom is 0.348 e. The van der Waals surface area contributed by atoms with E-state index in [1.807, 2.05) is 12.1 Å². The molecular weight excluding hydrogens is 350 g/mol. The van der Waals surface area contributed by atoms with Crippen molar-refractivity contribution in [3.8, 4) is 12.1 Å². The van der Waals surface area contributed by atoms with Gasteiger partial charge in [0.05, 0.1) is 17.7 Å². The van der Waals surface area contributed by atoms with Crippen molar-refractivity contribution in [3.63, 3.8) is 0 Å². The average Bonchev–Trinajstić information content (AvgIpc) is 2.96. The number of pyridine rings is 1. The fourth-order valence-electron chi connectivity index (χ4n) is 2.28. The standard InChI is InChI=1S/C19H15N3O3S/c1-3-25-19(24)18-12(2)15(11-21)17(26-18)9-16(23)14(10-20)8-13-4-6-22-7-5-13/h4-8H,3,9H2,1-2H3/b14-8+. The molecule has 0 amide bonds. The van der Waals surface area contributed by atoms with E-state index in [9.17, 15) is 20.1 Å². The normalized spacial score (nSPS) is 10.7. The number of rotatable bonds is 6. The Morgan fingerprint density at radius 1 is 1.31 bits per heavy atom. The number of allylic oxidation sites excluding steroid dienone is 1. The molecule has 0 spiro atoms. The van der Waals surface area contributed by atoms with E-state index >= 15 is 0 Å². The van der Waals surface area contributed by atoms with Crippen LogP contribution in [0.25, 0.3) is 6.08 Å². The summed E-state index contributed by atoms with van der Waals surface area (Å²) in [5, 5.41) is 18.7. The van der Waals surface area contributed by atoms with Gasteiger partial charge in [0.2, 0.25) is 0 Å². The van der Waals surface area contributed by atoms with Crippen molar-refractivity contribution in [3.05, 3.63) is 56.5 Å². The van der Waals surface area contributed by atoms with Gasteiger partial charge in [-0.2, -0.15) is 10.5 Å². The van der Waals surface area contributed by atoms with E-state index in [4.69, 9.17) is 4.74 Å². The topological polar surface area (TPSA) is 104 Å². The van der Waals surface area contributed by atoms with Crippen molar-refractivity contribution in [1.82, 2.24) is 4.98 Å². The summed E-state index contributed by atoms with van der Waals surface area (Å²) in [4.78, 5) is 29.1. The number of nitrogens with zero attached hydrogens (tertiary/aromatic N) is 3. The van der Waals surface area contributed by atoms with Crippen LogP contribution in [0.3, 0.4) is 0 Å². The Morgan fingerprint density at radius 2 is 2.00 bits per heavy atom. The van der Waals surface area contributed by atoms with Crippen LogP contribution >= 0.6 is 11.3 Å². The van der Waals surface area contributed by atoms with Crippen molar-refractivity contribution in [2.75, 3.05) is 6.61 Å². The molecule has 130 valence electrons. The first kappa shape index (κ1) is 19.0. The maximum atomic E-state index is 12.5. The number of Topliss-reactive ketones (excluding diaryl/α,β-unsaturated/α-hetero) is 1. The second-order valence-corrected chi connectivity index (χ2v) is 6.34. The van der Waals surface area contributed by atoms with E-state index in [-0.39, 0.29) is 24.2 Å². The van der Waals surface area contributed by atoms with Crippen molar-refractivity contribution >= 4 is 29.2 Å². The lowest BCUT2D eigenvalue weighted by molar-refractivity contribution is -0.114. The molecule has 6 nitrogen and oxygen atoms in total. The molecule has 0 aliphatic carbocycles. The third-order valence-corrected chi connectivity index (χ3v) is 4.82. The van der Waals surface area contributed by atoms with Gasteiger partial charge in [0.1, 0.15) is 17.0 Å². The Morgan fingerprint density at radius 3 is 2.58 bits per heavy atom. The Hall–Kier alpha value is -3.29. The predicted octanol–water partition coefficient (Wildman–Crippen LogP) is 3.22. The third-order valence-electron chi connectivity index (χ3n) is 3.55. The van der Waals surface area contributed by atoms with Crippen molar-refractivity contribution in [2.45, 2.75) is 20.3 Å². The van der Waals surface area contributed by atoms with Gasteiger partial charge in [-0.25, -0.2) is 4.79 Å². The largest absolute Gasteiger partial charge is 0.462 e. The van der Waals surface area contributed by atoms with Crippen LogP contribution in [0.5, 0.6) is 0 Å². The van der Waals surface area contributed by atoms with E-state index in [1.54, 1.807) is 38.4 Å². The Labute approximate surface area is 155 Å². The minimum absolute atomic E-state index is 0.0242. The maximum absolute atomic E-state index is 12.5. The van der Waals surface area contributed by atoms with Crippen LogP contribution < -0.4 is 0 Å². The summed E-state index contributed by atoms with van der Waals surface area (Å²) in [5.41, 5.74) is 1.44. The summed E-state index contributed by atoms with van der Waals surface area (Å²) in [5.74, 6) is -0.935. The minimum atomic E-state index is -0.516. The van der Waals surface area contributed by atoms with Crippen LogP contribution in [-0.4, -0.2) is 23.3 Å². The smallest absolute Gasteiger partial charge is 0.348 e. The van der Waals surface area contributed by atoms with Crippen molar-refractivity contribution < 1.29 is 14.3 Å². The highest BCUT2D eigenvalue weighted by Gasteiger charge is 2.23. The number of carbonyl (C=O) groups excluding carboxylic acids is 2. The van der Waals surface area contributed by atoms with Crippen molar-refractivity contribution in [1.29, 1.82) is 10.5 Å². The quantitative estimate of drug-likeness (QED) is 0.442. The first-order chi connectivity index (χ1) is 12.5. The van der Waals surface area contributed by atoms with Gasteiger partial charge in [-0.15, -0.1) is 11.3 Å². The average molecular weight is 365 g/mol. The van der Waals surface area contributed by atoms with Gasteiger partial charge in [0, 0.05) is 23.7 Å². The van der Waals surface area contributed by atoms with E-state index in [0.717, 1.165) is 11.3 Å². The van der Waals surface area contributed by atoms with Crippen molar-refractivity contribution in [2.24, 2.45) is 0 Å². The summed E-state index contributed by atoms with van der Waals surface area (Å²) >= 11 is 1.06. The first-order valence-corrected chi connectivity index (χ1v) is 8.57. The molecule has 2 aromatic heterocycles. The molecule has 0 atom stereocenters. The molecule has 2 aromatic rings. The fourth-order valence-corrected chi connectivity index (χ4v) is 3.43. The number of aromatic nitrogens is 1. The van der Waals surface area contributed by atoms with E-state index < -0.39 is 11.8 Å². The molecule has 0 saturated carbocycles. The molecule has 0 unspecified atom stereocenters. The Bertz CT molecular complexity index is 947. The lowest BCUT2D eigenvalue weighted by Gasteiger charge is -1.99. The fraction of sp³-hybridized carbons (Fsp3) is 0.211. The van der Waals surface area contributed by atoms with Gasteiger partial charge in [-0.05, 0) is 43.2 Å². The van der Waals surface area contributed by atoms with Crippen LogP contribution in [0.15, 0.2) is 30.1 Å². The van der Waals surface area contributed by atoms with Gasteiger partial charge in [-0.1, -0.05) is 0 Å². The molecule has 0 aromatic carbocycles. The van der Waals surface area contributed by atoms with E-state index in [1.165, 1.54) is 6.08 Å². The summed E-state index contributed by atoms with van der Waals surface area (Å²) in [6.07, 6.45) is 4.47. The second-order valence-electron chi connectivity index (χ2n) is 5.24. The minimum Gasteiger partial charge on any atom is -0.462 e. The highest BCUT2D eigenvalue weighted by Crippen LogP contribution is 2.29. The molecule has 0 N–H and O–H groups in total. The SMILES string of the molecule is CCOC(=O)c1sc(CC(=O)/C(C#N)=C/c2ccncc2)c(C#N)c1C. The van der Waals surface area contributed by atoms with Crippen LogP contribution in [0.2, 0.25) is 0 Å². The number of nitriles is 2. The molecule has 7 heteroatoms. The molecule has 0 fully saturated rings. The number of hydrogen-bond donors (Lipinski definition) is 0. The molecule has 2 rings (SSSR count). The Kier molecular flexibility index (Phi) is 6.37. The zero-order chi connectivity index (χ0) is 19.1. The van der Waals surface area contributed by atoms with Gasteiger partial charge >= 0.3 is 5.97 Å². The van der Waals surface area contributed by atoms with E-state index in [0.29, 0.717) is 20.9 Å². The monoisotopic (exact) mass is 365 g/mol. The number of hydrogen-bond acceptors (Lipinski definition) is 7. The van der Waals surface area contributed by atoms with Gasteiger partial charge in [-0.3, -0.25) is 9.78 Å². The summed E-state index contributed by atoms with van der Waals surface area (Å²) in [7, 11) is 0. The molecule has 26 heavy (non-hydrogen) atoms. The number of thiophene rings is 1. The lowest BCUT2D eigenvalue weighted by Crippen LogP contribution is -2.05. The van der Waals surface area contributed by atoms with Gasteiger partial charge < -0.3 is 4.74 Å². The van der Waals surface area contributed by atoms with Crippen LogP contribution in [0.4, 0.5) is 0 Å². The zero-order valence-corrected chi connectivity index (χ0v) is 15.1. The highest BCUT2D eigenvalue weighted by atomic mass is 32.1.